The van der Waals surface area contributed by atoms with Gasteiger partial charge in [-0.1, -0.05) is 87.0 Å². The van der Waals surface area contributed by atoms with E-state index >= 15 is 0 Å². The van der Waals surface area contributed by atoms with Crippen LogP contribution in [0.2, 0.25) is 0 Å². The van der Waals surface area contributed by atoms with Crippen LogP contribution in [-0.2, 0) is 33.5 Å². The van der Waals surface area contributed by atoms with Crippen molar-refractivity contribution in [1.29, 1.82) is 0 Å². The Morgan fingerprint density at radius 1 is 0.689 bits per heavy atom. The van der Waals surface area contributed by atoms with Crippen molar-refractivity contribution in [3.05, 3.63) is 0 Å². The number of cyclic esters (lactones) is 1. The molecule has 45 heavy (non-hydrogen) atoms. The van der Waals surface area contributed by atoms with Crippen molar-refractivity contribution >= 4 is 35.5 Å². The minimum absolute atomic E-state index is 0.0307. The molecule has 0 bridgehead atoms. The quantitative estimate of drug-likeness (QED) is 0.162. The van der Waals surface area contributed by atoms with Crippen LogP contribution < -0.4 is 26.6 Å². The first-order chi connectivity index (χ1) is 21.2. The first kappa shape index (κ1) is 39.8. The number of amides is 5. The zero-order valence-corrected chi connectivity index (χ0v) is 28.8. The largest absolute Gasteiger partial charge is 0.460 e. The number of hydrogen-bond acceptors (Lipinski definition) is 7. The maximum absolute atomic E-state index is 13.3. The number of unbranched alkanes of at least 4 members (excludes halogenated alkanes) is 6. The van der Waals surface area contributed by atoms with Crippen molar-refractivity contribution in [2.45, 2.75) is 150 Å². The molecular weight excluding hydrogens is 578 g/mol. The summed E-state index contributed by atoms with van der Waals surface area (Å²) in [4.78, 5) is 78.7. The second-order valence-corrected chi connectivity index (χ2v) is 13.4. The summed E-state index contributed by atoms with van der Waals surface area (Å²) in [7, 11) is 0. The van der Waals surface area contributed by atoms with Crippen LogP contribution in [0.1, 0.15) is 120 Å². The minimum Gasteiger partial charge on any atom is -0.460 e. The van der Waals surface area contributed by atoms with Gasteiger partial charge in [0.1, 0.15) is 30.3 Å². The molecule has 5 N–H and O–H groups in total. The van der Waals surface area contributed by atoms with Gasteiger partial charge in [-0.2, -0.15) is 0 Å². The minimum atomic E-state index is -1.02. The maximum Gasteiger partial charge on any atom is 0.329 e. The van der Waals surface area contributed by atoms with Crippen molar-refractivity contribution in [2.24, 2.45) is 17.8 Å². The lowest BCUT2D eigenvalue weighted by molar-refractivity contribution is -0.156. The molecule has 1 aliphatic rings. The van der Waals surface area contributed by atoms with E-state index in [1.165, 1.54) is 19.8 Å². The Hall–Kier alpha value is -3.18. The first-order valence-corrected chi connectivity index (χ1v) is 16.8. The number of carbonyl (C=O) groups is 6. The molecule has 0 aromatic carbocycles. The number of ether oxygens (including phenoxy) is 1. The molecule has 5 amide bonds. The molecule has 1 fully saturated rings. The van der Waals surface area contributed by atoms with Crippen LogP contribution in [0.15, 0.2) is 0 Å². The standard InChI is InChI=1S/C33H59N5O7/c1-9-10-11-12-13-14-15-16-24-18-26(39)34-19-27(40)37-28(21(4)5)32(43)36-25(17-20(2)3)31(42)35-23(8)30(41)38-29(22(6)7)33(44)45-24/h20-25,28-29H,9-19H2,1-8H3,(H,34,39)(H,35,42)(H,36,43)(H,37,40)(H,38,41)/t23-,24+,25-,28+,29-/m1/s1. The Labute approximate surface area is 269 Å². The van der Waals surface area contributed by atoms with Gasteiger partial charge < -0.3 is 31.3 Å². The topological polar surface area (TPSA) is 172 Å². The van der Waals surface area contributed by atoms with E-state index in [-0.39, 0.29) is 30.7 Å². The SMILES string of the molecule is CCCCCCCCC[C@H]1CC(=O)NCC(=O)N[C@@H](C(C)C)C(=O)N[C@H](CC(C)C)C(=O)N[C@H](C)C(=O)N[C@H](C(C)C)C(=O)O1. The first-order valence-electron chi connectivity index (χ1n) is 16.8. The lowest BCUT2D eigenvalue weighted by atomic mass is 9.99. The van der Waals surface area contributed by atoms with Crippen LogP contribution in [0.25, 0.3) is 0 Å². The monoisotopic (exact) mass is 637 g/mol. The summed E-state index contributed by atoms with van der Waals surface area (Å²) in [5.74, 6) is -4.02. The summed E-state index contributed by atoms with van der Waals surface area (Å²) in [5.41, 5.74) is 0. The van der Waals surface area contributed by atoms with Gasteiger partial charge in [-0.3, -0.25) is 24.0 Å². The summed E-state index contributed by atoms with van der Waals surface area (Å²) >= 11 is 0. The summed E-state index contributed by atoms with van der Waals surface area (Å²) in [6.07, 6.45) is 7.23. The Morgan fingerprint density at radius 2 is 1.29 bits per heavy atom. The van der Waals surface area contributed by atoms with Gasteiger partial charge in [-0.25, -0.2) is 4.79 Å². The highest BCUT2D eigenvalue weighted by Crippen LogP contribution is 2.16. The molecule has 258 valence electrons. The van der Waals surface area contributed by atoms with Gasteiger partial charge >= 0.3 is 5.97 Å². The molecule has 1 rings (SSSR count). The molecule has 5 atom stereocenters. The predicted octanol–water partition coefficient (Wildman–Crippen LogP) is 2.88. The van der Waals surface area contributed by atoms with Crippen LogP contribution in [-0.4, -0.2) is 72.3 Å². The average molecular weight is 638 g/mol. The van der Waals surface area contributed by atoms with Crippen molar-refractivity contribution in [3.8, 4) is 0 Å². The van der Waals surface area contributed by atoms with Crippen LogP contribution in [0.4, 0.5) is 0 Å². The van der Waals surface area contributed by atoms with Gasteiger partial charge in [0.2, 0.25) is 29.5 Å². The molecule has 0 aromatic heterocycles. The molecule has 0 unspecified atom stereocenters. The molecule has 1 aliphatic heterocycles. The summed E-state index contributed by atoms with van der Waals surface area (Å²) in [6, 6.07) is -3.96. The van der Waals surface area contributed by atoms with E-state index in [4.69, 9.17) is 4.74 Å². The zero-order chi connectivity index (χ0) is 34.1. The predicted molar refractivity (Wildman–Crippen MR) is 173 cm³/mol. The molecule has 0 spiro atoms. The van der Waals surface area contributed by atoms with Gasteiger partial charge in [0.05, 0.1) is 13.0 Å². The third-order valence-electron chi connectivity index (χ3n) is 7.85. The Bertz CT molecular complexity index is 984. The third-order valence-corrected chi connectivity index (χ3v) is 7.85. The number of rotatable bonds is 12. The zero-order valence-electron chi connectivity index (χ0n) is 28.8. The van der Waals surface area contributed by atoms with Crippen LogP contribution in [0.5, 0.6) is 0 Å². The van der Waals surface area contributed by atoms with E-state index in [1.54, 1.807) is 27.7 Å². The van der Waals surface area contributed by atoms with E-state index in [0.717, 1.165) is 32.1 Å². The molecule has 1 saturated heterocycles. The normalized spacial score (nSPS) is 25.0. The molecule has 0 aromatic rings. The Balaban J connectivity index is 3.25. The fourth-order valence-electron chi connectivity index (χ4n) is 5.11. The van der Waals surface area contributed by atoms with Crippen molar-refractivity contribution in [3.63, 3.8) is 0 Å². The van der Waals surface area contributed by atoms with Crippen LogP contribution in [0.3, 0.4) is 0 Å². The number of esters is 1. The lowest BCUT2D eigenvalue weighted by Gasteiger charge is -2.27. The second-order valence-electron chi connectivity index (χ2n) is 13.4. The molecule has 1 heterocycles. The van der Waals surface area contributed by atoms with Gasteiger partial charge in [0, 0.05) is 0 Å². The summed E-state index contributed by atoms with van der Waals surface area (Å²) in [6.45, 7) is 14.1. The molecule has 12 heteroatoms. The van der Waals surface area contributed by atoms with E-state index in [1.807, 2.05) is 13.8 Å². The Kier molecular flexibility index (Phi) is 18.4. The fraction of sp³-hybridized carbons (Fsp3) is 0.818. The van der Waals surface area contributed by atoms with E-state index in [9.17, 15) is 28.8 Å². The Morgan fingerprint density at radius 3 is 1.87 bits per heavy atom. The number of carbonyl (C=O) groups excluding carboxylic acids is 6. The van der Waals surface area contributed by atoms with Crippen molar-refractivity contribution in [1.82, 2.24) is 26.6 Å². The summed E-state index contributed by atoms with van der Waals surface area (Å²) < 4.78 is 5.80. The highest BCUT2D eigenvalue weighted by Gasteiger charge is 2.33. The van der Waals surface area contributed by atoms with E-state index in [0.29, 0.717) is 12.8 Å². The number of hydrogen-bond donors (Lipinski definition) is 5. The van der Waals surface area contributed by atoms with Gasteiger partial charge in [-0.15, -0.1) is 0 Å². The maximum atomic E-state index is 13.3. The third kappa shape index (κ3) is 15.6. The molecule has 12 nitrogen and oxygen atoms in total. The number of nitrogens with one attached hydrogen (secondary N) is 5. The van der Waals surface area contributed by atoms with Crippen molar-refractivity contribution < 1.29 is 33.5 Å². The average Bonchev–Trinajstić information content (AvgIpc) is 2.95. The smallest absolute Gasteiger partial charge is 0.329 e. The molecule has 0 radical (unpaired) electrons. The van der Waals surface area contributed by atoms with Crippen molar-refractivity contribution in [2.75, 3.05) is 6.54 Å². The highest BCUT2D eigenvalue weighted by molar-refractivity contribution is 5.95. The molecule has 0 aliphatic carbocycles. The van der Waals surface area contributed by atoms with Crippen LogP contribution >= 0.6 is 0 Å². The van der Waals surface area contributed by atoms with E-state index < -0.39 is 65.8 Å². The summed E-state index contributed by atoms with van der Waals surface area (Å²) in [5, 5.41) is 13.3. The molecular formula is C33H59N5O7. The second kappa shape index (κ2) is 20.8. The molecule has 0 saturated carbocycles. The van der Waals surface area contributed by atoms with Gasteiger partial charge in [-0.05, 0) is 43.9 Å². The lowest BCUT2D eigenvalue weighted by Crippen LogP contribution is -2.58. The fourth-order valence-corrected chi connectivity index (χ4v) is 5.11. The van der Waals surface area contributed by atoms with Gasteiger partial charge in [0.15, 0.2) is 0 Å². The van der Waals surface area contributed by atoms with E-state index in [2.05, 4.69) is 33.5 Å². The highest BCUT2D eigenvalue weighted by atomic mass is 16.5. The van der Waals surface area contributed by atoms with Gasteiger partial charge in [0.25, 0.3) is 0 Å². The van der Waals surface area contributed by atoms with Crippen LogP contribution in [0, 0.1) is 17.8 Å².